The van der Waals surface area contributed by atoms with Gasteiger partial charge in [-0.1, -0.05) is 11.5 Å². The summed E-state index contributed by atoms with van der Waals surface area (Å²) < 4.78 is 47.0. The number of pyridine rings is 1. The minimum Gasteiger partial charge on any atom is -0.469 e. The van der Waals surface area contributed by atoms with Crippen LogP contribution >= 0.6 is 0 Å². The number of halogens is 3. The fourth-order valence-electron chi connectivity index (χ4n) is 0.970. The predicted molar refractivity (Wildman–Crippen MR) is 50.1 cm³/mol. The molecule has 0 N–H and O–H groups in total. The van der Waals surface area contributed by atoms with Crippen molar-refractivity contribution in [2.45, 2.75) is 6.92 Å². The molecular weight excluding hydrogens is 249 g/mol. The van der Waals surface area contributed by atoms with Crippen molar-refractivity contribution in [2.75, 3.05) is 13.4 Å². The van der Waals surface area contributed by atoms with Gasteiger partial charge in [0.1, 0.15) is 5.75 Å². The van der Waals surface area contributed by atoms with Crippen LogP contribution in [0, 0.1) is 0 Å². The molecule has 1 aromatic heterocycles. The molecule has 1 rings (SSSR count). The number of nitrogens with zero attached hydrogens (tertiary/aromatic N) is 1. The van der Waals surface area contributed by atoms with Gasteiger partial charge in [-0.25, -0.2) is 0 Å². The molecule has 0 atom stereocenters. The molecule has 0 fully saturated rings. The van der Waals surface area contributed by atoms with Crippen molar-refractivity contribution in [1.82, 2.24) is 4.98 Å². The molecule has 1 heterocycles. The molecular formula is C8H10BF3KNO2. The predicted octanol–water partition coefficient (Wildman–Crippen LogP) is -1.49. The Morgan fingerprint density at radius 3 is 2.62 bits per heavy atom. The molecule has 0 amide bonds. The molecule has 0 unspecified atom stereocenters. The average molecular weight is 259 g/mol. The molecule has 0 spiro atoms. The molecule has 84 valence electrons. The van der Waals surface area contributed by atoms with E-state index >= 15 is 0 Å². The second-order valence-electron chi connectivity index (χ2n) is 2.74. The van der Waals surface area contributed by atoms with Crippen molar-refractivity contribution < 1.29 is 73.8 Å². The first-order valence-electron chi connectivity index (χ1n) is 4.40. The Labute approximate surface area is 134 Å². The van der Waals surface area contributed by atoms with Gasteiger partial charge in [-0.3, -0.25) is 4.98 Å². The smallest absolute Gasteiger partial charge is 0.469 e. The number of aromatic nitrogens is 1. The third kappa shape index (κ3) is 5.15. The molecule has 3 nitrogen and oxygen atoms in total. The first-order chi connectivity index (χ1) is 7.05. The van der Waals surface area contributed by atoms with Crippen molar-refractivity contribution in [1.29, 1.82) is 0 Å². The normalized spacial score (nSPS) is 10.8. The molecule has 16 heavy (non-hydrogen) atoms. The zero-order valence-electron chi connectivity index (χ0n) is 9.12. The van der Waals surface area contributed by atoms with Gasteiger partial charge in [-0.05, 0) is 6.92 Å². The van der Waals surface area contributed by atoms with Crippen LogP contribution in [0.5, 0.6) is 5.75 Å². The van der Waals surface area contributed by atoms with E-state index in [0.717, 1.165) is 18.5 Å². The Kier molecular flexibility index (Phi) is 7.87. The molecule has 0 aliphatic rings. The summed E-state index contributed by atoms with van der Waals surface area (Å²) in [7, 11) is 0. The third-order valence-corrected chi connectivity index (χ3v) is 1.67. The second-order valence-corrected chi connectivity index (χ2v) is 2.74. The largest absolute Gasteiger partial charge is 1.00 e. The van der Waals surface area contributed by atoms with Gasteiger partial charge in [0.15, 0.2) is 6.79 Å². The van der Waals surface area contributed by atoms with Crippen LogP contribution in [-0.4, -0.2) is 25.4 Å². The van der Waals surface area contributed by atoms with Crippen molar-refractivity contribution in [3.63, 3.8) is 0 Å². The van der Waals surface area contributed by atoms with Gasteiger partial charge < -0.3 is 22.4 Å². The van der Waals surface area contributed by atoms with E-state index in [0.29, 0.717) is 6.61 Å². The Hall–Kier alpha value is 0.401. The Morgan fingerprint density at radius 2 is 2.06 bits per heavy atom. The molecule has 0 bridgehead atoms. The molecule has 0 radical (unpaired) electrons. The summed E-state index contributed by atoms with van der Waals surface area (Å²) in [6, 6.07) is 0.890. The maximum atomic E-state index is 12.5. The number of rotatable bonds is 5. The third-order valence-electron chi connectivity index (χ3n) is 1.67. The second kappa shape index (κ2) is 7.67. The van der Waals surface area contributed by atoms with Gasteiger partial charge in [0.05, 0.1) is 6.20 Å². The molecule has 0 aliphatic carbocycles. The number of hydrogen-bond donors (Lipinski definition) is 0. The Balaban J connectivity index is 0.00000225. The van der Waals surface area contributed by atoms with Crippen LogP contribution in [0.3, 0.4) is 0 Å². The van der Waals surface area contributed by atoms with E-state index in [1.807, 2.05) is 0 Å². The number of ether oxygens (including phenoxy) is 2. The van der Waals surface area contributed by atoms with Crippen LogP contribution in [0.4, 0.5) is 12.9 Å². The molecule has 0 aliphatic heterocycles. The summed E-state index contributed by atoms with van der Waals surface area (Å²) in [6.07, 6.45) is 2.11. The van der Waals surface area contributed by atoms with Crippen LogP contribution in [0.25, 0.3) is 0 Å². The quantitative estimate of drug-likeness (QED) is 0.367. The maximum Gasteiger partial charge on any atom is 1.00 e. The van der Waals surface area contributed by atoms with Crippen LogP contribution in [0.1, 0.15) is 6.92 Å². The van der Waals surface area contributed by atoms with E-state index in [9.17, 15) is 12.9 Å². The van der Waals surface area contributed by atoms with E-state index in [4.69, 9.17) is 9.47 Å². The first kappa shape index (κ1) is 16.4. The van der Waals surface area contributed by atoms with Gasteiger partial charge in [-0.2, -0.15) is 0 Å². The van der Waals surface area contributed by atoms with Crippen molar-refractivity contribution in [2.24, 2.45) is 0 Å². The minimum atomic E-state index is -5.08. The summed E-state index contributed by atoms with van der Waals surface area (Å²) in [5, 5.41) is 0. The maximum absolute atomic E-state index is 12.5. The molecule has 0 saturated heterocycles. The van der Waals surface area contributed by atoms with Crippen molar-refractivity contribution in [3.8, 4) is 5.75 Å². The number of hydrogen-bond acceptors (Lipinski definition) is 3. The first-order valence-corrected chi connectivity index (χ1v) is 4.40. The fraction of sp³-hybridized carbons (Fsp3) is 0.375. The zero-order chi connectivity index (χ0) is 11.3. The SMILES string of the molecule is CCOCOc1cnccc1[B-](F)(F)F.[K+]. The Morgan fingerprint density at radius 1 is 1.38 bits per heavy atom. The van der Waals surface area contributed by atoms with Crippen LogP contribution in [-0.2, 0) is 4.74 Å². The van der Waals surface area contributed by atoms with Gasteiger partial charge in [0.2, 0.25) is 0 Å². The van der Waals surface area contributed by atoms with Crippen LogP contribution in [0.15, 0.2) is 18.5 Å². The summed E-state index contributed by atoms with van der Waals surface area (Å²) in [5.74, 6) is -0.293. The minimum absolute atomic E-state index is 0. The fourth-order valence-corrected chi connectivity index (χ4v) is 0.970. The topological polar surface area (TPSA) is 31.4 Å². The van der Waals surface area contributed by atoms with Gasteiger partial charge >= 0.3 is 58.4 Å². The summed E-state index contributed by atoms with van der Waals surface area (Å²) in [6.45, 7) is -3.18. The standard InChI is InChI=1S/C8H10BF3NO2.K/c1-2-14-6-15-8-5-13-4-3-7(8)9(10,11)12;/h3-5H,2,6H2,1H3;/q-1;+1. The van der Waals surface area contributed by atoms with Gasteiger partial charge in [-0.15, -0.1) is 0 Å². The van der Waals surface area contributed by atoms with Crippen molar-refractivity contribution in [3.05, 3.63) is 18.5 Å². The average Bonchev–Trinajstić information content (AvgIpc) is 2.17. The van der Waals surface area contributed by atoms with Gasteiger partial charge in [0, 0.05) is 12.8 Å². The van der Waals surface area contributed by atoms with E-state index in [1.165, 1.54) is 0 Å². The van der Waals surface area contributed by atoms with Crippen molar-refractivity contribution >= 4 is 12.4 Å². The molecule has 0 aromatic carbocycles. The van der Waals surface area contributed by atoms with E-state index in [-0.39, 0.29) is 63.9 Å². The van der Waals surface area contributed by atoms with Crippen LogP contribution in [0.2, 0.25) is 0 Å². The summed E-state index contributed by atoms with van der Waals surface area (Å²) in [5.41, 5.74) is -0.787. The summed E-state index contributed by atoms with van der Waals surface area (Å²) in [4.78, 5) is 3.57. The monoisotopic (exact) mass is 259 g/mol. The van der Waals surface area contributed by atoms with E-state index in [2.05, 4.69) is 4.98 Å². The van der Waals surface area contributed by atoms with E-state index in [1.54, 1.807) is 6.92 Å². The molecule has 1 aromatic rings. The molecule has 8 heteroatoms. The Bertz CT molecular complexity index is 324. The van der Waals surface area contributed by atoms with Gasteiger partial charge in [0.25, 0.3) is 0 Å². The zero-order valence-corrected chi connectivity index (χ0v) is 12.2. The summed E-state index contributed by atoms with van der Waals surface area (Å²) >= 11 is 0. The van der Waals surface area contributed by atoms with E-state index < -0.39 is 12.4 Å². The molecule has 0 saturated carbocycles. The van der Waals surface area contributed by atoms with Crippen LogP contribution < -0.4 is 61.6 Å².